The Bertz CT molecular complexity index is 353. The van der Waals surface area contributed by atoms with Crippen LogP contribution in [0.25, 0.3) is 0 Å². The predicted molar refractivity (Wildman–Crippen MR) is 63.5 cm³/mol. The van der Waals surface area contributed by atoms with E-state index in [0.717, 1.165) is 12.2 Å². The summed E-state index contributed by atoms with van der Waals surface area (Å²) in [6, 6.07) is 7.46. The van der Waals surface area contributed by atoms with E-state index in [1.165, 1.54) is 0 Å². The van der Waals surface area contributed by atoms with E-state index < -0.39 is 6.10 Å². The molecule has 1 N–H and O–H groups in total. The molecule has 4 nitrogen and oxygen atoms in total. The summed E-state index contributed by atoms with van der Waals surface area (Å²) in [6.07, 6.45) is -0.0749. The van der Waals surface area contributed by atoms with Crippen LogP contribution in [0.3, 0.4) is 0 Å². The minimum absolute atomic E-state index is 0.282. The Hall–Kier alpha value is -1.26. The van der Waals surface area contributed by atoms with Crippen molar-refractivity contribution in [2.45, 2.75) is 25.6 Å². The maximum absolute atomic E-state index is 9.90. The number of rotatable bonds is 5. The zero-order valence-corrected chi connectivity index (χ0v) is 9.96. The third kappa shape index (κ3) is 3.11. The number of para-hydroxylation sites is 2. The molecule has 0 bridgehead atoms. The summed E-state index contributed by atoms with van der Waals surface area (Å²) in [5.41, 5.74) is 0. The molecule has 0 radical (unpaired) electrons. The van der Waals surface area contributed by atoms with E-state index in [-0.39, 0.29) is 12.7 Å². The number of hydrogen-bond donors (Lipinski definition) is 1. The van der Waals surface area contributed by atoms with Crippen LogP contribution in [0.2, 0.25) is 0 Å². The van der Waals surface area contributed by atoms with Gasteiger partial charge in [0.25, 0.3) is 0 Å². The number of ether oxygens (including phenoxy) is 3. The first-order chi connectivity index (χ1) is 8.31. The van der Waals surface area contributed by atoms with Crippen molar-refractivity contribution in [2.75, 3.05) is 19.8 Å². The van der Waals surface area contributed by atoms with Gasteiger partial charge in [-0.1, -0.05) is 19.1 Å². The van der Waals surface area contributed by atoms with Crippen LogP contribution in [0.15, 0.2) is 24.3 Å². The molecule has 1 aromatic rings. The number of aliphatic hydroxyl groups excluding tert-OH is 1. The van der Waals surface area contributed by atoms with Gasteiger partial charge in [-0.3, -0.25) is 0 Å². The predicted octanol–water partition coefficient (Wildman–Crippen LogP) is 1.61. The SMILES string of the molecule is CCCOCC(O)C1COc2ccccc2O1. The molecular weight excluding hydrogens is 220 g/mol. The quantitative estimate of drug-likeness (QED) is 0.792. The van der Waals surface area contributed by atoms with E-state index >= 15 is 0 Å². The molecule has 0 saturated heterocycles. The lowest BCUT2D eigenvalue weighted by atomic mass is 10.2. The Kier molecular flexibility index (Phi) is 4.23. The van der Waals surface area contributed by atoms with Crippen LogP contribution < -0.4 is 9.47 Å². The molecule has 1 aromatic carbocycles. The maximum Gasteiger partial charge on any atom is 0.161 e. The molecule has 0 spiro atoms. The van der Waals surface area contributed by atoms with Gasteiger partial charge in [0.05, 0.1) is 6.61 Å². The molecule has 2 atom stereocenters. The highest BCUT2D eigenvalue weighted by atomic mass is 16.6. The summed E-state index contributed by atoms with van der Waals surface area (Å²) in [6.45, 7) is 3.32. The third-order valence-electron chi connectivity index (χ3n) is 2.60. The highest BCUT2D eigenvalue weighted by Gasteiger charge is 2.27. The standard InChI is InChI=1S/C13H18O4/c1-2-7-15-8-10(14)13-9-16-11-5-3-4-6-12(11)17-13/h3-6,10,13-14H,2,7-9H2,1H3. The second-order valence-electron chi connectivity index (χ2n) is 4.06. The minimum atomic E-state index is -0.657. The van der Waals surface area contributed by atoms with Gasteiger partial charge in [0.2, 0.25) is 0 Å². The fraction of sp³-hybridized carbons (Fsp3) is 0.538. The molecule has 94 valence electrons. The molecule has 4 heteroatoms. The highest BCUT2D eigenvalue weighted by molar-refractivity contribution is 5.40. The normalized spacial score (nSPS) is 20.0. The number of benzene rings is 1. The van der Waals surface area contributed by atoms with E-state index in [9.17, 15) is 5.11 Å². The van der Waals surface area contributed by atoms with Crippen molar-refractivity contribution >= 4 is 0 Å². The van der Waals surface area contributed by atoms with Crippen molar-refractivity contribution in [1.82, 2.24) is 0 Å². The number of fused-ring (bicyclic) bond motifs is 1. The lowest BCUT2D eigenvalue weighted by Crippen LogP contribution is -2.42. The van der Waals surface area contributed by atoms with Gasteiger partial charge in [-0.2, -0.15) is 0 Å². The molecule has 0 aromatic heterocycles. The molecule has 2 rings (SSSR count). The topological polar surface area (TPSA) is 47.9 Å². The van der Waals surface area contributed by atoms with Crippen molar-refractivity contribution in [1.29, 1.82) is 0 Å². The van der Waals surface area contributed by atoms with Gasteiger partial charge in [0.15, 0.2) is 17.6 Å². The molecule has 0 aliphatic carbocycles. The molecular formula is C13H18O4. The molecule has 1 aliphatic heterocycles. The van der Waals surface area contributed by atoms with Crippen LogP contribution in [0, 0.1) is 0 Å². The van der Waals surface area contributed by atoms with Gasteiger partial charge >= 0.3 is 0 Å². The first kappa shape index (κ1) is 12.2. The van der Waals surface area contributed by atoms with Crippen LogP contribution >= 0.6 is 0 Å². The average molecular weight is 238 g/mol. The van der Waals surface area contributed by atoms with Crippen molar-refractivity contribution in [2.24, 2.45) is 0 Å². The van der Waals surface area contributed by atoms with Crippen LogP contribution in [0.1, 0.15) is 13.3 Å². The average Bonchev–Trinajstić information content (AvgIpc) is 2.38. The molecule has 0 fully saturated rings. The lowest BCUT2D eigenvalue weighted by molar-refractivity contribution is -0.0525. The van der Waals surface area contributed by atoms with E-state index in [4.69, 9.17) is 14.2 Å². The lowest BCUT2D eigenvalue weighted by Gasteiger charge is -2.29. The van der Waals surface area contributed by atoms with E-state index in [1.807, 2.05) is 31.2 Å². The second kappa shape index (κ2) is 5.89. The van der Waals surface area contributed by atoms with Gasteiger partial charge in [-0.05, 0) is 18.6 Å². The zero-order valence-electron chi connectivity index (χ0n) is 9.96. The Morgan fingerprint density at radius 1 is 1.41 bits per heavy atom. The van der Waals surface area contributed by atoms with E-state index in [1.54, 1.807) is 0 Å². The second-order valence-corrected chi connectivity index (χ2v) is 4.06. The first-order valence-electron chi connectivity index (χ1n) is 5.95. The number of hydrogen-bond acceptors (Lipinski definition) is 4. The largest absolute Gasteiger partial charge is 0.486 e. The van der Waals surface area contributed by atoms with Gasteiger partial charge in [-0.15, -0.1) is 0 Å². The summed E-state index contributed by atoms with van der Waals surface area (Å²) in [5.74, 6) is 1.41. The molecule has 0 amide bonds. The van der Waals surface area contributed by atoms with Crippen LogP contribution in [0.4, 0.5) is 0 Å². The summed E-state index contributed by atoms with van der Waals surface area (Å²) in [5, 5.41) is 9.90. The van der Waals surface area contributed by atoms with Gasteiger partial charge in [0, 0.05) is 6.61 Å². The van der Waals surface area contributed by atoms with Crippen molar-refractivity contribution in [3.63, 3.8) is 0 Å². The van der Waals surface area contributed by atoms with Crippen LogP contribution in [-0.4, -0.2) is 37.1 Å². The smallest absolute Gasteiger partial charge is 0.161 e. The monoisotopic (exact) mass is 238 g/mol. The van der Waals surface area contributed by atoms with Gasteiger partial charge < -0.3 is 19.3 Å². The summed E-state index contributed by atoms with van der Waals surface area (Å²) in [7, 11) is 0. The van der Waals surface area contributed by atoms with Crippen molar-refractivity contribution in [3.8, 4) is 11.5 Å². The maximum atomic E-state index is 9.90. The van der Waals surface area contributed by atoms with Crippen molar-refractivity contribution < 1.29 is 19.3 Å². The molecule has 2 unspecified atom stereocenters. The fourth-order valence-electron chi connectivity index (χ4n) is 1.68. The van der Waals surface area contributed by atoms with Crippen molar-refractivity contribution in [3.05, 3.63) is 24.3 Å². The molecule has 17 heavy (non-hydrogen) atoms. The first-order valence-corrected chi connectivity index (χ1v) is 5.95. The summed E-state index contributed by atoms with van der Waals surface area (Å²) < 4.78 is 16.5. The Morgan fingerprint density at radius 3 is 2.94 bits per heavy atom. The third-order valence-corrected chi connectivity index (χ3v) is 2.60. The van der Waals surface area contributed by atoms with Crippen LogP contribution in [0.5, 0.6) is 11.5 Å². The van der Waals surface area contributed by atoms with E-state index in [2.05, 4.69) is 0 Å². The van der Waals surface area contributed by atoms with Gasteiger partial charge in [-0.25, -0.2) is 0 Å². The highest BCUT2D eigenvalue weighted by Crippen LogP contribution is 2.31. The Morgan fingerprint density at radius 2 is 2.18 bits per heavy atom. The Labute approximate surface area is 101 Å². The van der Waals surface area contributed by atoms with E-state index in [0.29, 0.717) is 19.0 Å². The summed E-state index contributed by atoms with van der Waals surface area (Å²) >= 11 is 0. The van der Waals surface area contributed by atoms with Gasteiger partial charge in [0.1, 0.15) is 12.7 Å². The molecule has 1 aliphatic rings. The van der Waals surface area contributed by atoms with Crippen LogP contribution in [-0.2, 0) is 4.74 Å². The summed E-state index contributed by atoms with van der Waals surface area (Å²) in [4.78, 5) is 0. The zero-order chi connectivity index (χ0) is 12.1. The fourth-order valence-corrected chi connectivity index (χ4v) is 1.68. The minimum Gasteiger partial charge on any atom is -0.486 e. The Balaban J connectivity index is 1.88. The number of aliphatic hydroxyl groups is 1. The molecule has 1 heterocycles. The molecule has 0 saturated carbocycles.